The molecule has 2 fully saturated rings. The quantitative estimate of drug-likeness (QED) is 0.528. The summed E-state index contributed by atoms with van der Waals surface area (Å²) in [7, 11) is 1.56. The summed E-state index contributed by atoms with van der Waals surface area (Å²) in [4.78, 5) is 48.2. The Morgan fingerprint density at radius 3 is 2.38 bits per heavy atom. The number of pyridine rings is 1. The average Bonchev–Trinajstić information content (AvgIpc) is 3.34. The molecule has 1 atom stereocenters. The number of aromatic nitrogens is 1. The van der Waals surface area contributed by atoms with Crippen molar-refractivity contribution in [3.63, 3.8) is 0 Å². The van der Waals surface area contributed by atoms with E-state index in [0.29, 0.717) is 42.8 Å². The fourth-order valence-corrected chi connectivity index (χ4v) is 5.28. The molecular weight excluding hydrogens is 496 g/mol. The predicted molar refractivity (Wildman–Crippen MR) is 144 cm³/mol. The van der Waals surface area contributed by atoms with E-state index in [-0.39, 0.29) is 30.9 Å². The first-order valence-electron chi connectivity index (χ1n) is 13.1. The first kappa shape index (κ1) is 26.4. The Kier molecular flexibility index (Phi) is 7.60. The fourth-order valence-electron chi connectivity index (χ4n) is 5.28. The van der Waals surface area contributed by atoms with Crippen molar-refractivity contribution in [3.05, 3.63) is 95.3 Å². The lowest BCUT2D eigenvalue weighted by atomic mass is 9.95. The summed E-state index contributed by atoms with van der Waals surface area (Å²) >= 11 is 0. The van der Waals surface area contributed by atoms with E-state index in [9.17, 15) is 14.4 Å². The van der Waals surface area contributed by atoms with E-state index in [1.807, 2.05) is 49.4 Å². The van der Waals surface area contributed by atoms with E-state index in [1.54, 1.807) is 47.4 Å². The van der Waals surface area contributed by atoms with Crippen LogP contribution in [0, 0.1) is 6.92 Å². The van der Waals surface area contributed by atoms with Crippen LogP contribution in [0.15, 0.2) is 72.9 Å². The molecule has 2 aromatic carbocycles. The molecule has 202 valence electrons. The minimum Gasteiger partial charge on any atom is -0.497 e. The van der Waals surface area contributed by atoms with Gasteiger partial charge in [-0.1, -0.05) is 24.3 Å². The van der Waals surface area contributed by atoms with Gasteiger partial charge in [-0.25, -0.2) is 0 Å². The van der Waals surface area contributed by atoms with Crippen LogP contribution in [0.1, 0.15) is 44.8 Å². The number of likely N-dealkylation sites (tertiary alicyclic amines) is 1. The number of carbonyl (C=O) groups is 3. The maximum absolute atomic E-state index is 13.9. The topological polar surface area (TPSA) is 101 Å². The Hall–Kier alpha value is -4.24. The average molecular weight is 529 g/mol. The van der Waals surface area contributed by atoms with Crippen LogP contribution in [0.2, 0.25) is 0 Å². The smallest absolute Gasteiger partial charge is 0.256 e. The molecule has 2 saturated heterocycles. The SMILES string of the molecule is COc1ccc(C(=O)N2[C@H](C(=O)NCc3ccccn3)COC23CCN(C(=O)c2ccccc2C)CC3)cc1. The summed E-state index contributed by atoms with van der Waals surface area (Å²) in [5.74, 6) is -0.0186. The minimum absolute atomic E-state index is 0.0429. The standard InChI is InChI=1S/C30H32N4O5/c1-21-7-3-4-9-25(21)29(37)33-17-14-30(15-18-33)34(28(36)22-10-12-24(38-2)13-11-22)26(20-39-30)27(35)32-19-23-8-5-6-16-31-23/h3-13,16,26H,14-15,17-20H2,1-2H3,(H,32,35)/t26-/m0/s1. The molecule has 2 aliphatic rings. The third-order valence-corrected chi connectivity index (χ3v) is 7.50. The molecular formula is C30H32N4O5. The first-order valence-corrected chi connectivity index (χ1v) is 13.1. The first-order chi connectivity index (χ1) is 18.9. The van der Waals surface area contributed by atoms with Crippen molar-refractivity contribution in [1.82, 2.24) is 20.1 Å². The molecule has 3 aromatic rings. The van der Waals surface area contributed by atoms with Gasteiger partial charge in [0.05, 0.1) is 26.0 Å². The summed E-state index contributed by atoms with van der Waals surface area (Å²) in [6, 6.07) is 19.0. The predicted octanol–water partition coefficient (Wildman–Crippen LogP) is 3.19. The summed E-state index contributed by atoms with van der Waals surface area (Å²) in [6.45, 7) is 3.04. The zero-order chi connectivity index (χ0) is 27.4. The van der Waals surface area contributed by atoms with Gasteiger partial charge in [-0.05, 0) is 55.0 Å². The van der Waals surface area contributed by atoms with Gasteiger partial charge in [0.25, 0.3) is 11.8 Å². The van der Waals surface area contributed by atoms with Crippen LogP contribution in [0.5, 0.6) is 5.75 Å². The van der Waals surface area contributed by atoms with Gasteiger partial charge in [-0.3, -0.25) is 24.3 Å². The van der Waals surface area contributed by atoms with Gasteiger partial charge < -0.3 is 19.7 Å². The van der Waals surface area contributed by atoms with Crippen LogP contribution in [-0.4, -0.2) is 71.1 Å². The molecule has 1 N–H and O–H groups in total. The second-order valence-electron chi connectivity index (χ2n) is 9.82. The molecule has 3 heterocycles. The maximum Gasteiger partial charge on any atom is 0.256 e. The van der Waals surface area contributed by atoms with Gasteiger partial charge >= 0.3 is 0 Å². The Balaban J connectivity index is 1.37. The minimum atomic E-state index is -0.994. The highest BCUT2D eigenvalue weighted by Crippen LogP contribution is 2.39. The zero-order valence-corrected chi connectivity index (χ0v) is 22.1. The number of rotatable bonds is 6. The third-order valence-electron chi connectivity index (χ3n) is 7.50. The number of carbonyl (C=O) groups excluding carboxylic acids is 3. The number of methoxy groups -OCH3 is 1. The lowest BCUT2D eigenvalue weighted by Gasteiger charge is -2.44. The number of benzene rings is 2. The van der Waals surface area contributed by atoms with Crippen LogP contribution in [0.3, 0.4) is 0 Å². The highest BCUT2D eigenvalue weighted by atomic mass is 16.5. The van der Waals surface area contributed by atoms with Gasteiger partial charge in [0.1, 0.15) is 17.5 Å². The molecule has 39 heavy (non-hydrogen) atoms. The van der Waals surface area contributed by atoms with Crippen LogP contribution >= 0.6 is 0 Å². The van der Waals surface area contributed by atoms with E-state index in [1.165, 1.54) is 0 Å². The molecule has 0 bridgehead atoms. The van der Waals surface area contributed by atoms with Crippen molar-refractivity contribution >= 4 is 17.7 Å². The number of nitrogens with zero attached hydrogens (tertiary/aromatic N) is 3. The van der Waals surface area contributed by atoms with Crippen molar-refractivity contribution < 1.29 is 23.9 Å². The Morgan fingerprint density at radius 2 is 1.72 bits per heavy atom. The van der Waals surface area contributed by atoms with E-state index in [0.717, 1.165) is 11.3 Å². The number of aryl methyl sites for hydroxylation is 1. The van der Waals surface area contributed by atoms with Crippen LogP contribution in [-0.2, 0) is 16.1 Å². The number of nitrogens with one attached hydrogen (secondary N) is 1. The van der Waals surface area contributed by atoms with Gasteiger partial charge in [-0.15, -0.1) is 0 Å². The molecule has 1 aromatic heterocycles. The second kappa shape index (κ2) is 11.2. The van der Waals surface area contributed by atoms with Crippen LogP contribution in [0.25, 0.3) is 0 Å². The summed E-state index contributed by atoms with van der Waals surface area (Å²) in [5, 5.41) is 2.91. The number of piperidine rings is 1. The molecule has 9 heteroatoms. The molecule has 0 saturated carbocycles. The highest BCUT2D eigenvalue weighted by molar-refractivity contribution is 5.99. The molecule has 0 aliphatic carbocycles. The molecule has 2 aliphatic heterocycles. The monoisotopic (exact) mass is 528 g/mol. The van der Waals surface area contributed by atoms with Crippen molar-refractivity contribution in [2.24, 2.45) is 0 Å². The largest absolute Gasteiger partial charge is 0.497 e. The summed E-state index contributed by atoms with van der Waals surface area (Å²) in [6.07, 6.45) is 2.47. The molecule has 1 spiro atoms. The van der Waals surface area contributed by atoms with E-state index in [4.69, 9.17) is 9.47 Å². The number of ether oxygens (including phenoxy) is 2. The van der Waals surface area contributed by atoms with Gasteiger partial charge in [0.15, 0.2) is 0 Å². The maximum atomic E-state index is 13.9. The van der Waals surface area contributed by atoms with E-state index in [2.05, 4.69) is 10.3 Å². The van der Waals surface area contributed by atoms with Crippen molar-refractivity contribution in [2.75, 3.05) is 26.8 Å². The fraction of sp³-hybridized carbons (Fsp3) is 0.333. The summed E-state index contributed by atoms with van der Waals surface area (Å²) < 4.78 is 11.5. The molecule has 0 radical (unpaired) electrons. The van der Waals surface area contributed by atoms with Gasteiger partial charge in [-0.2, -0.15) is 0 Å². The van der Waals surface area contributed by atoms with Crippen molar-refractivity contribution in [3.8, 4) is 5.75 Å². The van der Waals surface area contributed by atoms with Crippen LogP contribution < -0.4 is 10.1 Å². The van der Waals surface area contributed by atoms with E-state index < -0.39 is 11.8 Å². The number of amides is 3. The van der Waals surface area contributed by atoms with Crippen molar-refractivity contribution in [1.29, 1.82) is 0 Å². The molecule has 3 amide bonds. The van der Waals surface area contributed by atoms with Gasteiger partial charge in [0, 0.05) is 43.3 Å². The highest BCUT2D eigenvalue weighted by Gasteiger charge is 2.54. The molecule has 5 rings (SSSR count). The molecule has 0 unspecified atom stereocenters. The van der Waals surface area contributed by atoms with Crippen LogP contribution in [0.4, 0.5) is 0 Å². The Morgan fingerprint density at radius 1 is 1.00 bits per heavy atom. The summed E-state index contributed by atoms with van der Waals surface area (Å²) in [5.41, 5.74) is 1.74. The molecule has 9 nitrogen and oxygen atoms in total. The van der Waals surface area contributed by atoms with Crippen molar-refractivity contribution in [2.45, 2.75) is 38.1 Å². The third kappa shape index (κ3) is 5.35. The Bertz CT molecular complexity index is 1340. The lowest BCUT2D eigenvalue weighted by molar-refractivity contribution is -0.128. The number of hydrogen-bond donors (Lipinski definition) is 1. The van der Waals surface area contributed by atoms with E-state index >= 15 is 0 Å². The zero-order valence-electron chi connectivity index (χ0n) is 22.1. The normalized spacial score (nSPS) is 18.2. The second-order valence-corrected chi connectivity index (χ2v) is 9.82. The van der Waals surface area contributed by atoms with Gasteiger partial charge in [0.2, 0.25) is 5.91 Å². The lowest BCUT2D eigenvalue weighted by Crippen LogP contribution is -2.59. The number of hydrogen-bond acceptors (Lipinski definition) is 6. The Labute approximate surface area is 227 Å².